The van der Waals surface area contributed by atoms with Crippen LogP contribution in [0, 0.1) is 0 Å². The lowest BCUT2D eigenvalue weighted by atomic mass is 10.1. The molecule has 0 amide bonds. The van der Waals surface area contributed by atoms with Crippen LogP contribution in [0.25, 0.3) is 11.0 Å². The predicted octanol–water partition coefficient (Wildman–Crippen LogP) is 1.60. The van der Waals surface area contributed by atoms with Crippen molar-refractivity contribution in [2.75, 3.05) is 12.3 Å². The Kier molecular flexibility index (Phi) is 5.94. The first kappa shape index (κ1) is 20.9. The van der Waals surface area contributed by atoms with Gasteiger partial charge in [-0.25, -0.2) is 4.98 Å². The molecule has 2 N–H and O–H groups in total. The molecule has 2 aromatic rings. The van der Waals surface area contributed by atoms with Gasteiger partial charge in [-0.15, -0.1) is 0 Å². The summed E-state index contributed by atoms with van der Waals surface area (Å²) in [5, 5.41) is 0.0578. The molecule has 0 saturated carbocycles. The average molecular weight is 426 g/mol. The normalized spacial score (nSPS) is 23.7. The highest BCUT2D eigenvalue weighted by molar-refractivity contribution is 6.29. The monoisotopic (exact) mass is 425 g/mol. The van der Waals surface area contributed by atoms with Gasteiger partial charge in [-0.3, -0.25) is 19.0 Å². The first-order valence-electron chi connectivity index (χ1n) is 8.73. The van der Waals surface area contributed by atoms with Crippen molar-refractivity contribution >= 4 is 46.2 Å². The molecule has 1 saturated heterocycles. The van der Waals surface area contributed by atoms with Crippen molar-refractivity contribution < 1.29 is 33.3 Å². The SMILES string of the molecule is CC(=O)OC[C@H]1O[C@@H](n2c(Cl)nc3cc(N)ccc32)[C@H](OC(C)=O)[C@@H]1OC(C)=O. The van der Waals surface area contributed by atoms with Crippen molar-refractivity contribution in [3.63, 3.8) is 0 Å². The fourth-order valence-corrected chi connectivity index (χ4v) is 3.51. The van der Waals surface area contributed by atoms with Crippen molar-refractivity contribution in [1.29, 1.82) is 0 Å². The van der Waals surface area contributed by atoms with Gasteiger partial charge >= 0.3 is 17.9 Å². The third kappa shape index (κ3) is 4.43. The third-order valence-corrected chi connectivity index (χ3v) is 4.53. The van der Waals surface area contributed by atoms with Crippen molar-refractivity contribution in [2.24, 2.45) is 0 Å². The Morgan fingerprint density at radius 3 is 2.41 bits per heavy atom. The quantitative estimate of drug-likeness (QED) is 0.430. The maximum Gasteiger partial charge on any atom is 0.303 e. The summed E-state index contributed by atoms with van der Waals surface area (Å²) in [6.45, 7) is 3.46. The molecule has 0 spiro atoms. The molecule has 1 aliphatic heterocycles. The van der Waals surface area contributed by atoms with E-state index in [1.807, 2.05) is 0 Å². The highest BCUT2D eigenvalue weighted by Crippen LogP contribution is 2.38. The van der Waals surface area contributed by atoms with Crippen LogP contribution < -0.4 is 5.73 Å². The van der Waals surface area contributed by atoms with Gasteiger partial charge in [-0.1, -0.05) is 0 Å². The second-order valence-electron chi connectivity index (χ2n) is 6.51. The Balaban J connectivity index is 2.05. The number of benzene rings is 1. The number of hydrogen-bond donors (Lipinski definition) is 1. The van der Waals surface area contributed by atoms with Crippen LogP contribution in [0.15, 0.2) is 18.2 Å². The van der Waals surface area contributed by atoms with Crippen molar-refractivity contribution in [3.8, 4) is 0 Å². The molecule has 2 heterocycles. The number of nitrogen functional groups attached to an aromatic ring is 1. The summed E-state index contributed by atoms with van der Waals surface area (Å²) >= 11 is 6.33. The van der Waals surface area contributed by atoms with Crippen molar-refractivity contribution in [3.05, 3.63) is 23.5 Å². The number of rotatable bonds is 5. The summed E-state index contributed by atoms with van der Waals surface area (Å²) in [6.07, 6.45) is -3.95. The molecule has 156 valence electrons. The summed E-state index contributed by atoms with van der Waals surface area (Å²) in [6, 6.07) is 4.98. The Bertz CT molecular complexity index is 960. The van der Waals surface area contributed by atoms with Crippen molar-refractivity contribution in [2.45, 2.75) is 45.3 Å². The molecular weight excluding hydrogens is 406 g/mol. The topological polar surface area (TPSA) is 132 Å². The lowest BCUT2D eigenvalue weighted by Crippen LogP contribution is -2.40. The standard InChI is InChI=1S/C18H20ClN3O7/c1-8(23)26-7-14-15(27-9(2)24)16(28-10(3)25)17(29-14)22-13-5-4-11(20)6-12(13)21-18(22)19/h4-6,14-17H,7,20H2,1-3H3/t14-,15-,16-,17-/m1/s1. The van der Waals surface area contributed by atoms with E-state index in [0.717, 1.165) is 0 Å². The van der Waals surface area contributed by atoms with E-state index in [1.165, 1.54) is 25.3 Å². The van der Waals surface area contributed by atoms with E-state index in [0.29, 0.717) is 16.7 Å². The molecule has 1 aromatic heterocycles. The average Bonchev–Trinajstić information content (AvgIpc) is 3.08. The maximum atomic E-state index is 11.7. The van der Waals surface area contributed by atoms with E-state index >= 15 is 0 Å². The molecule has 0 unspecified atom stereocenters. The number of hydrogen-bond acceptors (Lipinski definition) is 9. The zero-order valence-electron chi connectivity index (χ0n) is 16.0. The minimum Gasteiger partial charge on any atom is -0.463 e. The zero-order chi connectivity index (χ0) is 21.3. The minimum atomic E-state index is -1.05. The third-order valence-electron chi connectivity index (χ3n) is 4.27. The number of fused-ring (bicyclic) bond motifs is 1. The number of nitrogens with two attached hydrogens (primary N) is 1. The predicted molar refractivity (Wildman–Crippen MR) is 101 cm³/mol. The van der Waals surface area contributed by atoms with Crippen LogP contribution in [0.4, 0.5) is 5.69 Å². The molecule has 1 aromatic carbocycles. The number of aromatic nitrogens is 2. The molecule has 10 nitrogen and oxygen atoms in total. The fraction of sp³-hybridized carbons (Fsp3) is 0.444. The molecule has 0 bridgehead atoms. The molecular formula is C18H20ClN3O7. The molecule has 0 radical (unpaired) electrons. The second-order valence-corrected chi connectivity index (χ2v) is 6.85. The number of ether oxygens (including phenoxy) is 4. The van der Waals surface area contributed by atoms with Crippen LogP contribution in [0.1, 0.15) is 27.0 Å². The molecule has 29 heavy (non-hydrogen) atoms. The van der Waals surface area contributed by atoms with E-state index in [-0.39, 0.29) is 11.9 Å². The number of imidazole rings is 1. The van der Waals surface area contributed by atoms with Gasteiger partial charge in [0.25, 0.3) is 0 Å². The Morgan fingerprint density at radius 2 is 1.79 bits per heavy atom. The zero-order valence-corrected chi connectivity index (χ0v) is 16.7. The van der Waals surface area contributed by atoms with Crippen LogP contribution in [0.3, 0.4) is 0 Å². The van der Waals surface area contributed by atoms with E-state index in [2.05, 4.69) is 4.98 Å². The maximum absolute atomic E-state index is 11.7. The highest BCUT2D eigenvalue weighted by Gasteiger charge is 2.51. The Hall–Kier alpha value is -2.85. The molecule has 3 rings (SSSR count). The van der Waals surface area contributed by atoms with E-state index in [1.54, 1.807) is 18.2 Å². The minimum absolute atomic E-state index is 0.0578. The number of nitrogens with zero attached hydrogens (tertiary/aromatic N) is 2. The molecule has 0 aliphatic carbocycles. The number of carbonyl (C=O) groups is 3. The first-order chi connectivity index (χ1) is 13.7. The van der Waals surface area contributed by atoms with Gasteiger partial charge in [-0.05, 0) is 29.8 Å². The van der Waals surface area contributed by atoms with Gasteiger partial charge in [0.2, 0.25) is 5.28 Å². The molecule has 1 aliphatic rings. The first-order valence-corrected chi connectivity index (χ1v) is 9.11. The van der Waals surface area contributed by atoms with E-state index in [9.17, 15) is 14.4 Å². The Labute approximate surface area is 170 Å². The molecule has 4 atom stereocenters. The van der Waals surface area contributed by atoms with Crippen LogP contribution in [0.5, 0.6) is 0 Å². The summed E-state index contributed by atoms with van der Waals surface area (Å²) in [7, 11) is 0. The van der Waals surface area contributed by atoms with Gasteiger partial charge in [0.05, 0.1) is 11.0 Å². The number of halogens is 1. The largest absolute Gasteiger partial charge is 0.463 e. The van der Waals surface area contributed by atoms with Crippen molar-refractivity contribution in [1.82, 2.24) is 9.55 Å². The van der Waals surface area contributed by atoms with Gasteiger partial charge < -0.3 is 24.7 Å². The summed E-state index contributed by atoms with van der Waals surface area (Å²) in [5.74, 6) is -1.76. The summed E-state index contributed by atoms with van der Waals surface area (Å²) in [4.78, 5) is 38.9. The van der Waals surface area contributed by atoms with Crippen LogP contribution in [-0.4, -0.2) is 52.4 Å². The van der Waals surface area contributed by atoms with Gasteiger partial charge in [0.15, 0.2) is 18.4 Å². The molecule has 1 fully saturated rings. The van der Waals surface area contributed by atoms with Crippen LogP contribution in [-0.2, 0) is 33.3 Å². The highest BCUT2D eigenvalue weighted by atomic mass is 35.5. The van der Waals surface area contributed by atoms with E-state index in [4.69, 9.17) is 36.3 Å². The summed E-state index contributed by atoms with van der Waals surface area (Å²) in [5.41, 5.74) is 7.37. The number of esters is 3. The fourth-order valence-electron chi connectivity index (χ4n) is 3.23. The smallest absolute Gasteiger partial charge is 0.303 e. The van der Waals surface area contributed by atoms with E-state index < -0.39 is 42.4 Å². The Morgan fingerprint density at radius 1 is 1.14 bits per heavy atom. The lowest BCUT2D eigenvalue weighted by Gasteiger charge is -2.24. The van der Waals surface area contributed by atoms with Crippen LogP contribution in [0.2, 0.25) is 5.28 Å². The summed E-state index contributed by atoms with van der Waals surface area (Å²) < 4.78 is 23.3. The number of carbonyl (C=O) groups excluding carboxylic acids is 3. The molecule has 11 heteroatoms. The van der Waals surface area contributed by atoms with Crippen LogP contribution >= 0.6 is 11.6 Å². The lowest BCUT2D eigenvalue weighted by molar-refractivity contribution is -0.166. The number of anilines is 1. The van der Waals surface area contributed by atoms with Gasteiger partial charge in [0.1, 0.15) is 12.7 Å². The second kappa shape index (κ2) is 8.26. The van der Waals surface area contributed by atoms with Gasteiger partial charge in [0, 0.05) is 26.5 Å². The van der Waals surface area contributed by atoms with Gasteiger partial charge in [-0.2, -0.15) is 0 Å².